The Labute approximate surface area is 144 Å². The minimum absolute atomic E-state index is 0.264. The zero-order valence-electron chi connectivity index (χ0n) is 13.7. The average molecular weight is 331 g/mol. The van der Waals surface area contributed by atoms with Gasteiger partial charge in [-0.3, -0.25) is 4.98 Å². The molecule has 0 spiro atoms. The number of aryl methyl sites for hydroxylation is 1. The second-order valence-electron chi connectivity index (χ2n) is 5.76. The first-order chi connectivity index (χ1) is 12.2. The van der Waals surface area contributed by atoms with E-state index in [2.05, 4.69) is 30.2 Å². The van der Waals surface area contributed by atoms with Gasteiger partial charge in [0.1, 0.15) is 11.5 Å². The highest BCUT2D eigenvalue weighted by Gasteiger charge is 2.11. The van der Waals surface area contributed by atoms with Gasteiger partial charge in [-0.05, 0) is 36.8 Å². The Morgan fingerprint density at radius 1 is 1.16 bits per heavy atom. The minimum atomic E-state index is 0.264. The standard InChI is InChI=1S/C18H17N7/c1-11-7-15(24-18(19)23-11)14-8-16(25-17-13(14)4-6-21-17)22-10-12-3-2-5-20-9-12/h2-9H,10H2,1H3,(H2,19,23,24)(H2,21,22,25). The number of hydrogen-bond acceptors (Lipinski definition) is 6. The maximum Gasteiger partial charge on any atom is 0.220 e. The molecule has 0 bridgehead atoms. The lowest BCUT2D eigenvalue weighted by molar-refractivity contribution is 1.09. The molecule has 7 nitrogen and oxygen atoms in total. The summed E-state index contributed by atoms with van der Waals surface area (Å²) >= 11 is 0. The molecule has 0 aliphatic carbocycles. The molecule has 0 fully saturated rings. The summed E-state index contributed by atoms with van der Waals surface area (Å²) in [6, 6.07) is 9.81. The molecule has 0 saturated carbocycles. The van der Waals surface area contributed by atoms with E-state index in [1.165, 1.54) is 0 Å². The monoisotopic (exact) mass is 331 g/mol. The van der Waals surface area contributed by atoms with Crippen molar-refractivity contribution in [2.75, 3.05) is 11.1 Å². The number of fused-ring (bicyclic) bond motifs is 1. The molecule has 0 atom stereocenters. The van der Waals surface area contributed by atoms with Crippen LogP contribution < -0.4 is 11.1 Å². The fraction of sp³-hybridized carbons (Fsp3) is 0.111. The van der Waals surface area contributed by atoms with Gasteiger partial charge in [0.05, 0.1) is 5.69 Å². The first kappa shape index (κ1) is 15.1. The fourth-order valence-electron chi connectivity index (χ4n) is 2.76. The van der Waals surface area contributed by atoms with Crippen molar-refractivity contribution in [2.24, 2.45) is 0 Å². The lowest BCUT2D eigenvalue weighted by Crippen LogP contribution is -2.03. The quantitative estimate of drug-likeness (QED) is 0.531. The highest BCUT2D eigenvalue weighted by atomic mass is 15.0. The maximum atomic E-state index is 5.82. The predicted molar refractivity (Wildman–Crippen MR) is 97.8 cm³/mol. The summed E-state index contributed by atoms with van der Waals surface area (Å²) in [5.74, 6) is 1.02. The SMILES string of the molecule is Cc1cc(-c2cc(NCc3cccnc3)nc3[nH]ccc23)nc(N)n1. The van der Waals surface area contributed by atoms with E-state index in [4.69, 9.17) is 5.73 Å². The van der Waals surface area contributed by atoms with Crippen LogP contribution in [0.3, 0.4) is 0 Å². The Bertz CT molecular complexity index is 1000. The Balaban J connectivity index is 1.74. The van der Waals surface area contributed by atoms with Gasteiger partial charge >= 0.3 is 0 Å². The van der Waals surface area contributed by atoms with E-state index in [-0.39, 0.29) is 5.95 Å². The number of aromatic amines is 1. The molecule has 0 unspecified atom stereocenters. The van der Waals surface area contributed by atoms with Crippen LogP contribution >= 0.6 is 0 Å². The largest absolute Gasteiger partial charge is 0.368 e. The number of anilines is 2. The summed E-state index contributed by atoms with van der Waals surface area (Å²) in [5, 5.41) is 4.33. The highest BCUT2D eigenvalue weighted by Crippen LogP contribution is 2.29. The van der Waals surface area contributed by atoms with E-state index in [0.717, 1.165) is 39.4 Å². The minimum Gasteiger partial charge on any atom is -0.368 e. The number of pyridine rings is 2. The summed E-state index contributed by atoms with van der Waals surface area (Å²) in [6.07, 6.45) is 5.45. The molecular formula is C18H17N7. The van der Waals surface area contributed by atoms with Crippen molar-refractivity contribution in [2.45, 2.75) is 13.5 Å². The van der Waals surface area contributed by atoms with Crippen LogP contribution in [0.2, 0.25) is 0 Å². The maximum absolute atomic E-state index is 5.82. The summed E-state index contributed by atoms with van der Waals surface area (Å²) in [6.45, 7) is 2.54. The second-order valence-corrected chi connectivity index (χ2v) is 5.76. The number of nitrogens with two attached hydrogens (primary N) is 1. The third-order valence-corrected chi connectivity index (χ3v) is 3.87. The highest BCUT2D eigenvalue weighted by molar-refractivity contribution is 5.93. The van der Waals surface area contributed by atoms with Crippen LogP contribution in [0.1, 0.15) is 11.3 Å². The predicted octanol–water partition coefficient (Wildman–Crippen LogP) is 2.92. The van der Waals surface area contributed by atoms with E-state index in [1.54, 1.807) is 6.20 Å². The van der Waals surface area contributed by atoms with Crippen LogP contribution in [0.4, 0.5) is 11.8 Å². The van der Waals surface area contributed by atoms with Crippen molar-refractivity contribution >= 4 is 22.8 Å². The van der Waals surface area contributed by atoms with Crippen LogP contribution in [0.5, 0.6) is 0 Å². The van der Waals surface area contributed by atoms with E-state index in [0.29, 0.717) is 6.54 Å². The molecule has 4 aromatic rings. The molecule has 0 aromatic carbocycles. The summed E-state index contributed by atoms with van der Waals surface area (Å²) < 4.78 is 0. The van der Waals surface area contributed by atoms with Crippen molar-refractivity contribution in [3.63, 3.8) is 0 Å². The molecule has 0 amide bonds. The van der Waals surface area contributed by atoms with Crippen LogP contribution in [0, 0.1) is 6.92 Å². The fourth-order valence-corrected chi connectivity index (χ4v) is 2.76. The molecule has 124 valence electrons. The topological polar surface area (TPSA) is 105 Å². The van der Waals surface area contributed by atoms with E-state index in [1.807, 2.05) is 49.6 Å². The number of nitrogens with one attached hydrogen (secondary N) is 2. The van der Waals surface area contributed by atoms with Gasteiger partial charge in [0.25, 0.3) is 0 Å². The Morgan fingerprint density at radius 2 is 2.08 bits per heavy atom. The number of nitrogens with zero attached hydrogens (tertiary/aromatic N) is 4. The van der Waals surface area contributed by atoms with Crippen molar-refractivity contribution in [3.8, 4) is 11.3 Å². The number of aromatic nitrogens is 5. The molecule has 0 aliphatic heterocycles. The smallest absolute Gasteiger partial charge is 0.220 e. The molecule has 7 heteroatoms. The molecule has 4 rings (SSSR count). The Morgan fingerprint density at radius 3 is 2.88 bits per heavy atom. The molecule has 4 heterocycles. The van der Waals surface area contributed by atoms with Gasteiger partial charge in [-0.2, -0.15) is 0 Å². The lowest BCUT2D eigenvalue weighted by atomic mass is 10.1. The molecule has 4 N–H and O–H groups in total. The number of rotatable bonds is 4. The molecule has 0 radical (unpaired) electrons. The van der Waals surface area contributed by atoms with Crippen molar-refractivity contribution in [1.29, 1.82) is 0 Å². The third kappa shape index (κ3) is 3.12. The normalized spacial score (nSPS) is 10.9. The third-order valence-electron chi connectivity index (χ3n) is 3.87. The van der Waals surface area contributed by atoms with Crippen LogP contribution in [-0.2, 0) is 6.54 Å². The van der Waals surface area contributed by atoms with Gasteiger partial charge in [0.15, 0.2) is 0 Å². The second kappa shape index (κ2) is 6.20. The summed E-state index contributed by atoms with van der Waals surface area (Å²) in [4.78, 5) is 20.4. The first-order valence-electron chi connectivity index (χ1n) is 7.91. The van der Waals surface area contributed by atoms with Crippen molar-refractivity contribution in [3.05, 3.63) is 60.2 Å². The van der Waals surface area contributed by atoms with E-state index < -0.39 is 0 Å². The number of nitrogen functional groups attached to an aromatic ring is 1. The van der Waals surface area contributed by atoms with E-state index >= 15 is 0 Å². The van der Waals surface area contributed by atoms with E-state index in [9.17, 15) is 0 Å². The van der Waals surface area contributed by atoms with Gasteiger partial charge in [-0.25, -0.2) is 15.0 Å². The Hall–Kier alpha value is -3.48. The van der Waals surface area contributed by atoms with Gasteiger partial charge in [-0.1, -0.05) is 6.07 Å². The molecule has 25 heavy (non-hydrogen) atoms. The van der Waals surface area contributed by atoms with Crippen molar-refractivity contribution < 1.29 is 0 Å². The number of H-pyrrole nitrogens is 1. The lowest BCUT2D eigenvalue weighted by Gasteiger charge is -2.10. The van der Waals surface area contributed by atoms with Crippen LogP contribution in [-0.4, -0.2) is 24.9 Å². The van der Waals surface area contributed by atoms with Crippen LogP contribution in [0.15, 0.2) is 48.9 Å². The van der Waals surface area contributed by atoms with Gasteiger partial charge in [0, 0.05) is 41.8 Å². The zero-order chi connectivity index (χ0) is 17.2. The zero-order valence-corrected chi connectivity index (χ0v) is 13.7. The average Bonchev–Trinajstić information content (AvgIpc) is 3.08. The molecule has 0 saturated heterocycles. The molecular weight excluding hydrogens is 314 g/mol. The van der Waals surface area contributed by atoms with Gasteiger partial charge in [-0.15, -0.1) is 0 Å². The molecule has 4 aromatic heterocycles. The first-order valence-corrected chi connectivity index (χ1v) is 7.91. The summed E-state index contributed by atoms with van der Waals surface area (Å²) in [7, 11) is 0. The summed E-state index contributed by atoms with van der Waals surface area (Å²) in [5.41, 5.74) is 10.3. The van der Waals surface area contributed by atoms with Crippen molar-refractivity contribution in [1.82, 2.24) is 24.9 Å². The number of hydrogen-bond donors (Lipinski definition) is 3. The Kier molecular flexibility index (Phi) is 3.74. The molecule has 0 aliphatic rings. The van der Waals surface area contributed by atoms with Gasteiger partial charge in [0.2, 0.25) is 5.95 Å². The van der Waals surface area contributed by atoms with Crippen LogP contribution in [0.25, 0.3) is 22.3 Å². The van der Waals surface area contributed by atoms with Gasteiger partial charge < -0.3 is 16.0 Å².